The smallest absolute Gasteiger partial charge is 0.305 e. The van der Waals surface area contributed by atoms with Gasteiger partial charge in [0.15, 0.2) is 0 Å². The number of carbonyl (C=O) groups is 1. The van der Waals surface area contributed by atoms with E-state index in [1.165, 1.54) is 24.1 Å². The normalized spacial score (nSPS) is 21.0. The van der Waals surface area contributed by atoms with Crippen LogP contribution in [-0.4, -0.2) is 23.7 Å². The molecule has 1 saturated carbocycles. The molecule has 0 saturated heterocycles. The van der Waals surface area contributed by atoms with Gasteiger partial charge >= 0.3 is 5.97 Å². The Labute approximate surface area is 128 Å². The molecule has 0 amide bonds. The quantitative estimate of drug-likeness (QED) is 0.881. The maximum Gasteiger partial charge on any atom is 0.305 e. The molecule has 0 aliphatic heterocycles. The van der Waals surface area contributed by atoms with Gasteiger partial charge in [-0.15, -0.1) is 0 Å². The van der Waals surface area contributed by atoms with E-state index < -0.39 is 5.97 Å². The van der Waals surface area contributed by atoms with Gasteiger partial charge in [0.05, 0.1) is 6.42 Å². The van der Waals surface area contributed by atoms with E-state index in [-0.39, 0.29) is 6.42 Å². The zero-order valence-corrected chi connectivity index (χ0v) is 13.4. The zero-order chi connectivity index (χ0) is 15.5. The van der Waals surface area contributed by atoms with Crippen molar-refractivity contribution in [3.05, 3.63) is 29.8 Å². The summed E-state index contributed by atoms with van der Waals surface area (Å²) in [5, 5.41) is 9.05. The molecule has 1 atom stereocenters. The summed E-state index contributed by atoms with van der Waals surface area (Å²) in [4.78, 5) is 13.3. The fourth-order valence-electron chi connectivity index (χ4n) is 3.53. The number of rotatable bonds is 5. The van der Waals surface area contributed by atoms with Gasteiger partial charge < -0.3 is 10.0 Å². The first-order chi connectivity index (χ1) is 9.89. The molecule has 1 aliphatic rings. The molecule has 0 aromatic heterocycles. The highest BCUT2D eigenvalue weighted by Gasteiger charge is 2.32. The summed E-state index contributed by atoms with van der Waals surface area (Å²) in [5.41, 5.74) is 2.78. The van der Waals surface area contributed by atoms with Crippen LogP contribution in [0.25, 0.3) is 0 Å². The third-order valence-corrected chi connectivity index (χ3v) is 4.61. The lowest BCUT2D eigenvalue weighted by Gasteiger charge is -2.43. The minimum Gasteiger partial charge on any atom is -0.481 e. The molecule has 1 unspecified atom stereocenters. The average molecular weight is 289 g/mol. The number of aliphatic carboxylic acids is 1. The van der Waals surface area contributed by atoms with Crippen LogP contribution in [0, 0.1) is 12.3 Å². The third kappa shape index (κ3) is 4.23. The van der Waals surface area contributed by atoms with E-state index in [4.69, 9.17) is 5.11 Å². The van der Waals surface area contributed by atoms with Gasteiger partial charge in [-0.1, -0.05) is 38.5 Å². The second-order valence-electron chi connectivity index (χ2n) is 7.04. The summed E-state index contributed by atoms with van der Waals surface area (Å²) in [7, 11) is 0. The van der Waals surface area contributed by atoms with Crippen LogP contribution in [-0.2, 0) is 4.79 Å². The molecule has 21 heavy (non-hydrogen) atoms. The van der Waals surface area contributed by atoms with Crippen molar-refractivity contribution in [2.75, 3.05) is 11.4 Å². The highest BCUT2D eigenvalue weighted by atomic mass is 16.4. The monoisotopic (exact) mass is 289 g/mol. The summed E-state index contributed by atoms with van der Waals surface area (Å²) in [6, 6.07) is 8.77. The van der Waals surface area contributed by atoms with Crippen molar-refractivity contribution < 1.29 is 9.90 Å². The summed E-state index contributed by atoms with van der Waals surface area (Å²) >= 11 is 0. The first-order valence-electron chi connectivity index (χ1n) is 7.93. The van der Waals surface area contributed by atoms with Gasteiger partial charge in [-0.2, -0.15) is 0 Å². The molecule has 0 spiro atoms. The van der Waals surface area contributed by atoms with E-state index >= 15 is 0 Å². The number of benzene rings is 1. The van der Waals surface area contributed by atoms with E-state index in [2.05, 4.69) is 37.8 Å². The number of hydrogen-bond acceptors (Lipinski definition) is 2. The lowest BCUT2D eigenvalue weighted by Crippen LogP contribution is -2.42. The maximum atomic E-state index is 11.0. The molecule has 3 heteroatoms. The number of para-hydroxylation sites is 1. The molecule has 1 fully saturated rings. The minimum atomic E-state index is -0.719. The van der Waals surface area contributed by atoms with Gasteiger partial charge in [-0.3, -0.25) is 4.79 Å². The van der Waals surface area contributed by atoms with Crippen LogP contribution in [0.5, 0.6) is 0 Å². The van der Waals surface area contributed by atoms with Crippen LogP contribution < -0.4 is 4.90 Å². The molecular weight excluding hydrogens is 262 g/mol. The molecule has 3 nitrogen and oxygen atoms in total. The van der Waals surface area contributed by atoms with Crippen molar-refractivity contribution in [1.82, 2.24) is 0 Å². The van der Waals surface area contributed by atoms with Gasteiger partial charge in [-0.25, -0.2) is 0 Å². The molecule has 1 aromatic carbocycles. The van der Waals surface area contributed by atoms with Gasteiger partial charge in [0.2, 0.25) is 0 Å². The Morgan fingerprint density at radius 3 is 2.71 bits per heavy atom. The Bertz CT molecular complexity index is 496. The van der Waals surface area contributed by atoms with Crippen LogP contribution in [0.3, 0.4) is 0 Å². The van der Waals surface area contributed by atoms with Crippen molar-refractivity contribution in [2.45, 2.75) is 58.9 Å². The van der Waals surface area contributed by atoms with E-state index in [1.54, 1.807) is 0 Å². The van der Waals surface area contributed by atoms with Crippen molar-refractivity contribution in [3.63, 3.8) is 0 Å². The molecular formula is C18H27NO2. The third-order valence-electron chi connectivity index (χ3n) is 4.61. The van der Waals surface area contributed by atoms with Crippen molar-refractivity contribution >= 4 is 11.7 Å². The lowest BCUT2D eigenvalue weighted by atomic mass is 9.74. The highest BCUT2D eigenvalue weighted by molar-refractivity contribution is 5.68. The topological polar surface area (TPSA) is 40.5 Å². The van der Waals surface area contributed by atoms with Crippen molar-refractivity contribution in [2.24, 2.45) is 5.41 Å². The van der Waals surface area contributed by atoms with E-state index in [9.17, 15) is 4.79 Å². The summed E-state index contributed by atoms with van der Waals surface area (Å²) in [6.07, 6.45) is 5.00. The molecule has 0 radical (unpaired) electrons. The van der Waals surface area contributed by atoms with Crippen molar-refractivity contribution in [1.29, 1.82) is 0 Å². The van der Waals surface area contributed by atoms with Crippen molar-refractivity contribution in [3.8, 4) is 0 Å². The number of carboxylic acids is 1. The van der Waals surface area contributed by atoms with Gasteiger partial charge in [0, 0.05) is 18.3 Å². The first kappa shape index (κ1) is 15.9. The Hall–Kier alpha value is -1.51. The molecule has 1 N–H and O–H groups in total. The number of hydrogen-bond donors (Lipinski definition) is 1. The van der Waals surface area contributed by atoms with Gasteiger partial charge in [0.1, 0.15) is 0 Å². The fraction of sp³-hybridized carbons (Fsp3) is 0.611. The Morgan fingerprint density at radius 2 is 2.10 bits per heavy atom. The Balaban J connectivity index is 2.23. The number of nitrogens with zero attached hydrogens (tertiary/aromatic N) is 1. The maximum absolute atomic E-state index is 11.0. The van der Waals surface area contributed by atoms with Crippen LogP contribution >= 0.6 is 0 Å². The summed E-state index contributed by atoms with van der Waals surface area (Å²) in [5.74, 6) is -0.719. The molecule has 2 rings (SSSR count). The Morgan fingerprint density at radius 1 is 1.38 bits per heavy atom. The number of aryl methyl sites for hydroxylation is 1. The van der Waals surface area contributed by atoms with E-state index in [0.29, 0.717) is 18.0 Å². The van der Waals surface area contributed by atoms with Crippen LogP contribution in [0.4, 0.5) is 5.69 Å². The average Bonchev–Trinajstić information content (AvgIpc) is 2.39. The number of anilines is 1. The zero-order valence-electron chi connectivity index (χ0n) is 13.4. The highest BCUT2D eigenvalue weighted by Crippen LogP contribution is 2.39. The second-order valence-corrected chi connectivity index (χ2v) is 7.04. The molecule has 1 aliphatic carbocycles. The van der Waals surface area contributed by atoms with Gasteiger partial charge in [0.25, 0.3) is 0 Å². The summed E-state index contributed by atoms with van der Waals surface area (Å²) in [6.45, 7) is 7.36. The van der Waals surface area contributed by atoms with Crippen LogP contribution in [0.2, 0.25) is 0 Å². The summed E-state index contributed by atoms with van der Waals surface area (Å²) < 4.78 is 0. The SMILES string of the molecule is Cc1ccccc1N(CCC(=O)O)C1CCCC(C)(C)C1. The Kier molecular flexibility index (Phi) is 4.92. The predicted octanol–water partition coefficient (Wildman–Crippen LogP) is 4.24. The van der Waals surface area contributed by atoms with Gasteiger partial charge in [-0.05, 0) is 43.2 Å². The first-order valence-corrected chi connectivity index (χ1v) is 7.93. The van der Waals surface area contributed by atoms with E-state index in [1.807, 2.05) is 12.1 Å². The molecule has 0 bridgehead atoms. The molecule has 1 aromatic rings. The number of carboxylic acid groups (broad SMARTS) is 1. The largest absolute Gasteiger partial charge is 0.481 e. The minimum absolute atomic E-state index is 0.200. The van der Waals surface area contributed by atoms with Crippen LogP contribution in [0.15, 0.2) is 24.3 Å². The lowest BCUT2D eigenvalue weighted by molar-refractivity contribution is -0.136. The van der Waals surface area contributed by atoms with E-state index in [0.717, 1.165) is 12.8 Å². The predicted molar refractivity (Wildman–Crippen MR) is 86.8 cm³/mol. The standard InChI is InChI=1S/C18H27NO2/c1-14-7-4-5-9-16(14)19(12-10-17(20)21)15-8-6-11-18(2,3)13-15/h4-5,7,9,15H,6,8,10-13H2,1-3H3,(H,20,21). The fourth-order valence-corrected chi connectivity index (χ4v) is 3.53. The molecule has 116 valence electrons. The molecule has 0 heterocycles. The second kappa shape index (κ2) is 6.50. The van der Waals surface area contributed by atoms with Crippen LogP contribution in [0.1, 0.15) is 51.5 Å².